The molecule has 2 rings (SSSR count). The van der Waals surface area contributed by atoms with Crippen molar-refractivity contribution in [3.63, 3.8) is 0 Å². The third-order valence-electron chi connectivity index (χ3n) is 8.52. The predicted molar refractivity (Wildman–Crippen MR) is 176 cm³/mol. The Morgan fingerprint density at radius 3 is 2.09 bits per heavy atom. The van der Waals surface area contributed by atoms with Gasteiger partial charge in [-0.1, -0.05) is 53.1 Å². The summed E-state index contributed by atoms with van der Waals surface area (Å²) in [5, 5.41) is 12.5. The summed E-state index contributed by atoms with van der Waals surface area (Å²) in [5.41, 5.74) is 6.52. The molecule has 2 aromatic carbocycles. The van der Waals surface area contributed by atoms with Crippen LogP contribution in [0.25, 0.3) is 0 Å². The molecular weight excluding hydrogens is 603 g/mol. The maximum absolute atomic E-state index is 14.6. The molecule has 0 bridgehead atoms. The smallest absolute Gasteiger partial charge is 0.269 e. The topological polar surface area (TPSA) is 112 Å². The Kier molecular flexibility index (Phi) is 11.3. The number of hydrogen-bond donors (Lipinski definition) is 3. The molecule has 8 nitrogen and oxygen atoms in total. The number of rotatable bonds is 9. The van der Waals surface area contributed by atoms with Crippen LogP contribution in [0.5, 0.6) is 5.75 Å². The quantitative estimate of drug-likeness (QED) is 0.190. The van der Waals surface area contributed by atoms with E-state index in [1.807, 2.05) is 39.9 Å². The first-order valence-corrected chi connectivity index (χ1v) is 20.4. The number of nitrogens with zero attached hydrogens (tertiary/aromatic N) is 1. The molecule has 0 radical (unpaired) electrons. The maximum Gasteiger partial charge on any atom is 0.269 e. The normalized spacial score (nSPS) is 13.9. The van der Waals surface area contributed by atoms with Gasteiger partial charge in [-0.05, 0) is 86.0 Å². The lowest BCUT2D eigenvalue weighted by Gasteiger charge is -2.40. The van der Waals surface area contributed by atoms with E-state index >= 15 is 0 Å². The lowest BCUT2D eigenvalue weighted by atomic mass is 10.1. The number of amides is 2. The number of nitriles is 1. The molecule has 12 heteroatoms. The summed E-state index contributed by atoms with van der Waals surface area (Å²) < 4.78 is 27.3. The Morgan fingerprint density at radius 1 is 0.977 bits per heavy atom. The molecule has 2 atom stereocenters. The van der Waals surface area contributed by atoms with Crippen molar-refractivity contribution in [2.45, 2.75) is 104 Å². The highest BCUT2D eigenvalue weighted by Gasteiger charge is 2.41. The van der Waals surface area contributed by atoms with E-state index in [1.54, 1.807) is 26.0 Å². The lowest BCUT2D eigenvalue weighted by Crippen LogP contribution is -2.55. The van der Waals surface area contributed by atoms with Crippen LogP contribution in [-0.2, 0) is 9.22 Å². The second kappa shape index (κ2) is 13.4. The van der Waals surface area contributed by atoms with Crippen molar-refractivity contribution in [1.29, 1.82) is 5.26 Å². The first kappa shape index (κ1) is 36.3. The molecule has 1 unspecified atom stereocenters. The molecule has 0 saturated heterocycles. The minimum absolute atomic E-state index is 0.00493. The van der Waals surface area contributed by atoms with E-state index in [1.165, 1.54) is 18.2 Å². The van der Waals surface area contributed by atoms with Gasteiger partial charge in [0.05, 0.1) is 16.7 Å². The molecule has 0 aliphatic rings. The highest BCUT2D eigenvalue weighted by molar-refractivity contribution is 6.75. The highest BCUT2D eigenvalue weighted by Crippen LogP contribution is 2.39. The molecule has 0 fully saturated rings. The Morgan fingerprint density at radius 2 is 1.56 bits per heavy atom. The number of carbonyl (C=O) groups excluding carboxylic acids is 2. The third kappa shape index (κ3) is 8.82. The van der Waals surface area contributed by atoms with Gasteiger partial charge in [-0.25, -0.2) is 4.39 Å². The van der Waals surface area contributed by atoms with Gasteiger partial charge in [-0.15, -0.1) is 0 Å². The minimum atomic E-state index is -2.37. The second-order valence-electron chi connectivity index (χ2n) is 13.9. The monoisotopic (exact) mass is 648 g/mol. The summed E-state index contributed by atoms with van der Waals surface area (Å²) >= 11 is 6.39. The van der Waals surface area contributed by atoms with Gasteiger partial charge in [0, 0.05) is 11.3 Å². The summed E-state index contributed by atoms with van der Waals surface area (Å²) in [4.78, 5) is 26.7. The van der Waals surface area contributed by atoms with Crippen molar-refractivity contribution in [2.24, 2.45) is 0 Å². The number of carbonyl (C=O) groups is 2. The van der Waals surface area contributed by atoms with Crippen LogP contribution >= 0.6 is 11.6 Å². The van der Waals surface area contributed by atoms with Crippen LogP contribution in [0.3, 0.4) is 0 Å². The zero-order chi connectivity index (χ0) is 33.1. The van der Waals surface area contributed by atoms with Crippen LogP contribution in [-0.4, -0.2) is 40.6 Å². The maximum atomic E-state index is 14.6. The van der Waals surface area contributed by atoms with Gasteiger partial charge in [-0.2, -0.15) is 5.26 Å². The molecule has 0 saturated carbocycles. The van der Waals surface area contributed by atoms with Crippen molar-refractivity contribution in [3.05, 3.63) is 57.9 Å². The fourth-order valence-electron chi connectivity index (χ4n) is 3.62. The summed E-state index contributed by atoms with van der Waals surface area (Å²) in [6, 6.07) is 8.22. The fraction of sp³-hybridized carbons (Fsp3) is 0.516. The standard InChI is InChI=1S/C31H46ClFN4O4Si2/c1-19-24(16-14-22(18-34)26(19)32)35-27(20(2)40-42(9,10)30(3,4)5)29(39)37-36-28(38)21-13-15-23(33)25(17-21)41-43(11,12)31(6,7)8/h13-17,20,27,35H,1-12H3,(H,36,38)(H,37,39)/t20-,27?/m1/s1. The Labute approximate surface area is 262 Å². The first-order valence-electron chi connectivity index (χ1n) is 14.2. The van der Waals surface area contributed by atoms with E-state index in [4.69, 9.17) is 20.5 Å². The summed E-state index contributed by atoms with van der Waals surface area (Å²) in [7, 11) is -4.67. The molecule has 2 amide bonds. The van der Waals surface area contributed by atoms with Crippen molar-refractivity contribution in [1.82, 2.24) is 10.9 Å². The first-order chi connectivity index (χ1) is 19.5. The van der Waals surface area contributed by atoms with Crippen LogP contribution < -0.4 is 20.6 Å². The summed E-state index contributed by atoms with van der Waals surface area (Å²) in [6.07, 6.45) is -0.609. The number of hydrazine groups is 1. The van der Waals surface area contributed by atoms with E-state index in [9.17, 15) is 19.2 Å². The average molecular weight is 649 g/mol. The number of anilines is 1. The van der Waals surface area contributed by atoms with E-state index in [-0.39, 0.29) is 26.4 Å². The lowest BCUT2D eigenvalue weighted by molar-refractivity contribution is -0.124. The molecule has 43 heavy (non-hydrogen) atoms. The van der Waals surface area contributed by atoms with E-state index in [2.05, 4.69) is 50.0 Å². The predicted octanol–water partition coefficient (Wildman–Crippen LogP) is 7.70. The molecule has 0 aliphatic carbocycles. The van der Waals surface area contributed by atoms with Gasteiger partial charge in [0.1, 0.15) is 17.9 Å². The van der Waals surface area contributed by atoms with Gasteiger partial charge < -0.3 is 14.2 Å². The molecule has 0 spiro atoms. The van der Waals surface area contributed by atoms with Crippen LogP contribution in [0.4, 0.5) is 10.1 Å². The van der Waals surface area contributed by atoms with E-state index < -0.39 is 46.4 Å². The van der Waals surface area contributed by atoms with Gasteiger partial charge >= 0.3 is 0 Å². The third-order valence-corrected chi connectivity index (χ3v) is 17.9. The molecule has 0 heterocycles. The van der Waals surface area contributed by atoms with Crippen molar-refractivity contribution >= 4 is 45.7 Å². The van der Waals surface area contributed by atoms with Gasteiger partial charge in [0.2, 0.25) is 0 Å². The fourth-order valence-corrected chi connectivity index (χ4v) is 6.26. The zero-order valence-corrected chi connectivity index (χ0v) is 30.1. The van der Waals surface area contributed by atoms with Crippen LogP contribution in [0.1, 0.15) is 70.0 Å². The molecule has 0 aromatic heterocycles. The van der Waals surface area contributed by atoms with Gasteiger partial charge in [0.15, 0.2) is 14.1 Å². The largest absolute Gasteiger partial charge is 0.542 e. The van der Waals surface area contributed by atoms with Crippen LogP contribution in [0, 0.1) is 24.1 Å². The van der Waals surface area contributed by atoms with Crippen molar-refractivity contribution in [3.8, 4) is 11.8 Å². The Bertz CT molecular complexity index is 1400. The summed E-state index contributed by atoms with van der Waals surface area (Å²) in [6.45, 7) is 24.1. The SMILES string of the molecule is Cc1c(NC(C(=O)NNC(=O)c2ccc(F)c(O[Si](C)(C)C(C)(C)C)c2)[C@@H](C)O[Si](C)(C)C(C)(C)C)ccc(C#N)c1Cl. The molecule has 236 valence electrons. The molecular formula is C31H46ClFN4O4Si2. The average Bonchev–Trinajstić information content (AvgIpc) is 2.87. The number of nitrogens with one attached hydrogen (secondary N) is 3. The number of hydrogen-bond acceptors (Lipinski definition) is 6. The molecule has 0 aliphatic heterocycles. The Hall–Kier alpha value is -2.92. The molecule has 3 N–H and O–H groups in total. The van der Waals surface area contributed by atoms with Gasteiger partial charge in [-0.3, -0.25) is 20.4 Å². The van der Waals surface area contributed by atoms with E-state index in [0.29, 0.717) is 16.8 Å². The minimum Gasteiger partial charge on any atom is -0.542 e. The van der Waals surface area contributed by atoms with Gasteiger partial charge in [0.25, 0.3) is 20.1 Å². The second-order valence-corrected chi connectivity index (χ2v) is 23.7. The Balaban J connectivity index is 2.33. The highest BCUT2D eigenvalue weighted by atomic mass is 35.5. The van der Waals surface area contributed by atoms with Crippen LogP contribution in [0.2, 0.25) is 41.3 Å². The molecule has 2 aromatic rings. The number of halogens is 2. The van der Waals surface area contributed by atoms with Crippen LogP contribution in [0.15, 0.2) is 30.3 Å². The summed E-state index contributed by atoms with van der Waals surface area (Å²) in [5.74, 6) is -1.76. The zero-order valence-electron chi connectivity index (χ0n) is 27.4. The van der Waals surface area contributed by atoms with E-state index in [0.717, 1.165) is 0 Å². The van der Waals surface area contributed by atoms with Crippen molar-refractivity contribution in [2.75, 3.05) is 5.32 Å². The van der Waals surface area contributed by atoms with Crippen molar-refractivity contribution < 1.29 is 22.8 Å². The number of benzene rings is 2.